The first-order chi connectivity index (χ1) is 9.91. The third kappa shape index (κ3) is 3.73. The summed E-state index contributed by atoms with van der Waals surface area (Å²) < 4.78 is 7.38. The van der Waals surface area contributed by atoms with Crippen LogP contribution >= 0.6 is 11.6 Å². The highest BCUT2D eigenvalue weighted by molar-refractivity contribution is 6.30. The molecule has 1 heterocycles. The van der Waals surface area contributed by atoms with Gasteiger partial charge in [0.25, 0.3) is 0 Å². The molecule has 1 aromatic heterocycles. The second-order valence-electron chi connectivity index (χ2n) is 5.67. The summed E-state index contributed by atoms with van der Waals surface area (Å²) in [5.74, 6) is 0.748. The molecule has 0 N–H and O–H groups in total. The predicted molar refractivity (Wildman–Crippen MR) is 80.4 cm³/mol. The fraction of sp³-hybridized carbons (Fsp3) is 0.400. The van der Waals surface area contributed by atoms with Gasteiger partial charge < -0.3 is 4.74 Å². The molecule has 110 valence electrons. The van der Waals surface area contributed by atoms with Crippen LogP contribution < -0.4 is 4.74 Å². The summed E-state index contributed by atoms with van der Waals surface area (Å²) in [4.78, 5) is 0. The summed E-state index contributed by atoms with van der Waals surface area (Å²) >= 11 is 5.82. The Hall–Kier alpha value is -2.06. The number of nitrogens with zero attached hydrogens (tertiary/aromatic N) is 4. The Kier molecular flexibility index (Phi) is 4.49. The van der Waals surface area contributed by atoms with Gasteiger partial charge in [-0.05, 0) is 24.3 Å². The average Bonchev–Trinajstić information content (AvgIpc) is 2.84. The van der Waals surface area contributed by atoms with E-state index >= 15 is 0 Å². The minimum absolute atomic E-state index is 0.200. The molecule has 0 unspecified atom stereocenters. The van der Waals surface area contributed by atoms with Crippen molar-refractivity contribution >= 4 is 11.6 Å². The molecule has 2 rings (SSSR count). The Balaban J connectivity index is 2.06. The first-order valence-corrected chi connectivity index (χ1v) is 7.02. The van der Waals surface area contributed by atoms with E-state index in [0.717, 1.165) is 11.4 Å². The molecule has 0 fully saturated rings. The molecule has 0 atom stereocenters. The Morgan fingerprint density at radius 1 is 1.29 bits per heavy atom. The summed E-state index contributed by atoms with van der Waals surface area (Å²) in [5.41, 5.74) is 0.994. The lowest BCUT2D eigenvalue weighted by Gasteiger charge is -2.19. The van der Waals surface area contributed by atoms with Crippen molar-refractivity contribution in [1.29, 1.82) is 5.26 Å². The molecule has 0 saturated heterocycles. The van der Waals surface area contributed by atoms with Gasteiger partial charge in [0, 0.05) is 10.4 Å². The minimum Gasteiger partial charge on any atom is -0.492 e. The maximum atomic E-state index is 9.11. The van der Waals surface area contributed by atoms with Gasteiger partial charge in [-0.25, -0.2) is 4.68 Å². The number of nitriles is 1. The molecule has 0 aliphatic carbocycles. The number of hydrogen-bond donors (Lipinski definition) is 0. The smallest absolute Gasteiger partial charge is 0.186 e. The fourth-order valence-electron chi connectivity index (χ4n) is 2.07. The van der Waals surface area contributed by atoms with Crippen molar-refractivity contribution in [3.8, 4) is 11.8 Å². The van der Waals surface area contributed by atoms with Crippen LogP contribution in [0.1, 0.15) is 32.2 Å². The standard InChI is InChI=1S/C15H17ClN4O/c1-15(2,3)14-13(10-17)18-19-20(14)8-9-21-12-6-4-11(16)5-7-12/h4-7H,8-9H2,1-3H3. The number of aromatic nitrogens is 3. The van der Waals surface area contributed by atoms with E-state index in [1.165, 1.54) is 0 Å². The fourth-order valence-corrected chi connectivity index (χ4v) is 2.19. The van der Waals surface area contributed by atoms with Gasteiger partial charge in [-0.1, -0.05) is 37.6 Å². The molecule has 0 bridgehead atoms. The summed E-state index contributed by atoms with van der Waals surface area (Å²) in [6.45, 7) is 7.07. The van der Waals surface area contributed by atoms with Gasteiger partial charge in [0.05, 0.1) is 12.2 Å². The summed E-state index contributed by atoms with van der Waals surface area (Å²) in [6.07, 6.45) is 0. The van der Waals surface area contributed by atoms with Gasteiger partial charge in [0.1, 0.15) is 18.4 Å². The van der Waals surface area contributed by atoms with Gasteiger partial charge in [-0.2, -0.15) is 5.26 Å². The number of hydrogen-bond acceptors (Lipinski definition) is 4. The molecule has 0 radical (unpaired) electrons. The minimum atomic E-state index is -0.200. The number of halogens is 1. The number of ether oxygens (including phenoxy) is 1. The average molecular weight is 305 g/mol. The molecule has 5 nitrogen and oxygen atoms in total. The van der Waals surface area contributed by atoms with Crippen LogP contribution in [0.4, 0.5) is 0 Å². The number of benzene rings is 1. The van der Waals surface area contributed by atoms with Crippen LogP contribution in [0.15, 0.2) is 24.3 Å². The second kappa shape index (κ2) is 6.15. The summed E-state index contributed by atoms with van der Waals surface area (Å²) in [5, 5.41) is 17.7. The van der Waals surface area contributed by atoms with E-state index in [4.69, 9.17) is 21.6 Å². The number of rotatable bonds is 4. The van der Waals surface area contributed by atoms with E-state index in [0.29, 0.717) is 23.9 Å². The molecular formula is C15H17ClN4O. The topological polar surface area (TPSA) is 63.7 Å². The summed E-state index contributed by atoms with van der Waals surface area (Å²) in [7, 11) is 0. The molecule has 2 aromatic rings. The van der Waals surface area contributed by atoms with E-state index in [1.807, 2.05) is 32.9 Å². The van der Waals surface area contributed by atoms with Crippen LogP contribution in [-0.4, -0.2) is 21.6 Å². The van der Waals surface area contributed by atoms with Gasteiger partial charge in [-0.3, -0.25) is 0 Å². The van der Waals surface area contributed by atoms with Crippen molar-refractivity contribution in [3.63, 3.8) is 0 Å². The molecular weight excluding hydrogens is 288 g/mol. The van der Waals surface area contributed by atoms with Crippen molar-refractivity contribution in [2.75, 3.05) is 6.61 Å². The van der Waals surface area contributed by atoms with Crippen molar-refractivity contribution in [2.45, 2.75) is 32.7 Å². The van der Waals surface area contributed by atoms with E-state index in [2.05, 4.69) is 16.4 Å². The van der Waals surface area contributed by atoms with Crippen molar-refractivity contribution in [3.05, 3.63) is 40.7 Å². The third-order valence-corrected chi connectivity index (χ3v) is 3.19. The van der Waals surface area contributed by atoms with E-state index in [9.17, 15) is 0 Å². The molecule has 1 aromatic carbocycles. The van der Waals surface area contributed by atoms with Gasteiger partial charge in [-0.15, -0.1) is 5.10 Å². The quantitative estimate of drug-likeness (QED) is 0.870. The molecule has 6 heteroatoms. The van der Waals surface area contributed by atoms with Crippen LogP contribution in [0, 0.1) is 11.3 Å². The van der Waals surface area contributed by atoms with Crippen LogP contribution in [0.25, 0.3) is 0 Å². The largest absolute Gasteiger partial charge is 0.492 e. The normalized spacial score (nSPS) is 11.2. The highest BCUT2D eigenvalue weighted by Crippen LogP contribution is 2.24. The van der Waals surface area contributed by atoms with Gasteiger partial charge in [0.2, 0.25) is 0 Å². The van der Waals surface area contributed by atoms with E-state index in [-0.39, 0.29) is 5.41 Å². The first-order valence-electron chi connectivity index (χ1n) is 6.64. The Morgan fingerprint density at radius 3 is 2.52 bits per heavy atom. The second-order valence-corrected chi connectivity index (χ2v) is 6.11. The zero-order valence-corrected chi connectivity index (χ0v) is 13.1. The summed E-state index contributed by atoms with van der Waals surface area (Å²) in [6, 6.07) is 9.27. The lowest BCUT2D eigenvalue weighted by molar-refractivity contribution is 0.283. The van der Waals surface area contributed by atoms with Crippen molar-refractivity contribution in [1.82, 2.24) is 15.0 Å². The molecule has 0 spiro atoms. The zero-order chi connectivity index (χ0) is 15.5. The lowest BCUT2D eigenvalue weighted by Crippen LogP contribution is -2.22. The first kappa shape index (κ1) is 15.3. The predicted octanol–water partition coefficient (Wildman–Crippen LogP) is 3.18. The Labute approximate surface area is 129 Å². The van der Waals surface area contributed by atoms with Crippen LogP contribution in [0.5, 0.6) is 5.75 Å². The maximum absolute atomic E-state index is 9.11. The SMILES string of the molecule is CC(C)(C)c1c(C#N)nnn1CCOc1ccc(Cl)cc1. The Morgan fingerprint density at radius 2 is 1.95 bits per heavy atom. The maximum Gasteiger partial charge on any atom is 0.186 e. The highest BCUT2D eigenvalue weighted by atomic mass is 35.5. The Bertz CT molecular complexity index is 650. The van der Waals surface area contributed by atoms with Crippen LogP contribution in [-0.2, 0) is 12.0 Å². The molecule has 0 aliphatic rings. The van der Waals surface area contributed by atoms with Gasteiger partial charge >= 0.3 is 0 Å². The van der Waals surface area contributed by atoms with E-state index in [1.54, 1.807) is 16.8 Å². The van der Waals surface area contributed by atoms with E-state index < -0.39 is 0 Å². The van der Waals surface area contributed by atoms with Gasteiger partial charge in [0.15, 0.2) is 5.69 Å². The van der Waals surface area contributed by atoms with Crippen LogP contribution in [0.2, 0.25) is 5.02 Å². The lowest BCUT2D eigenvalue weighted by atomic mass is 9.90. The molecule has 0 saturated carbocycles. The molecule has 0 amide bonds. The molecule has 0 aliphatic heterocycles. The van der Waals surface area contributed by atoms with Crippen molar-refractivity contribution < 1.29 is 4.74 Å². The zero-order valence-electron chi connectivity index (χ0n) is 12.3. The third-order valence-electron chi connectivity index (χ3n) is 2.94. The monoisotopic (exact) mass is 304 g/mol. The van der Waals surface area contributed by atoms with Crippen molar-refractivity contribution in [2.24, 2.45) is 0 Å². The molecule has 21 heavy (non-hydrogen) atoms. The van der Waals surface area contributed by atoms with Crippen LogP contribution in [0.3, 0.4) is 0 Å². The highest BCUT2D eigenvalue weighted by Gasteiger charge is 2.25.